The summed E-state index contributed by atoms with van der Waals surface area (Å²) in [7, 11) is 0. The molecule has 1 aliphatic heterocycles. The quantitative estimate of drug-likeness (QED) is 0.698. The van der Waals surface area contributed by atoms with Gasteiger partial charge in [-0.15, -0.1) is 0 Å². The summed E-state index contributed by atoms with van der Waals surface area (Å²) in [4.78, 5) is 11.0. The second-order valence-electron chi connectivity index (χ2n) is 3.67. The highest BCUT2D eigenvalue weighted by Crippen LogP contribution is 2.13. The van der Waals surface area contributed by atoms with Crippen LogP contribution < -0.4 is 11.1 Å². The molecule has 1 unspecified atom stereocenters. The molecular weight excluding hydrogens is 180 g/mol. The van der Waals surface area contributed by atoms with Crippen molar-refractivity contribution in [2.75, 3.05) is 5.73 Å². The molecule has 1 atom stereocenters. The lowest BCUT2D eigenvalue weighted by atomic mass is 10.2. The fourth-order valence-corrected chi connectivity index (χ4v) is 1.67. The van der Waals surface area contributed by atoms with Crippen molar-refractivity contribution < 1.29 is 4.79 Å². The molecule has 1 amide bonds. The van der Waals surface area contributed by atoms with Crippen LogP contribution in [0.25, 0.3) is 0 Å². The number of anilines is 1. The van der Waals surface area contributed by atoms with Crippen LogP contribution in [-0.4, -0.2) is 21.7 Å². The second kappa shape index (κ2) is 3.32. The summed E-state index contributed by atoms with van der Waals surface area (Å²) >= 11 is 0. The molecule has 1 fully saturated rings. The summed E-state index contributed by atoms with van der Waals surface area (Å²) in [5, 5.41) is 7.04. The van der Waals surface area contributed by atoms with Gasteiger partial charge in [0, 0.05) is 12.5 Å². The van der Waals surface area contributed by atoms with Crippen molar-refractivity contribution >= 4 is 11.6 Å². The van der Waals surface area contributed by atoms with Crippen molar-refractivity contribution in [3.05, 3.63) is 11.9 Å². The van der Waals surface area contributed by atoms with Crippen LogP contribution in [0.15, 0.2) is 6.20 Å². The molecule has 5 nitrogen and oxygen atoms in total. The number of carbonyl (C=O) groups is 1. The van der Waals surface area contributed by atoms with Gasteiger partial charge in [0.1, 0.15) is 0 Å². The summed E-state index contributed by atoms with van der Waals surface area (Å²) in [6, 6.07) is 0.209. The lowest BCUT2D eigenvalue weighted by Gasteiger charge is -2.11. The Bertz CT molecular complexity index is 358. The van der Waals surface area contributed by atoms with Crippen LogP contribution >= 0.6 is 0 Å². The summed E-state index contributed by atoms with van der Waals surface area (Å²) in [5.41, 5.74) is 7.34. The van der Waals surface area contributed by atoms with Gasteiger partial charge in [-0.3, -0.25) is 9.48 Å². The van der Waals surface area contributed by atoms with Gasteiger partial charge in [-0.05, 0) is 13.3 Å². The van der Waals surface area contributed by atoms with Crippen molar-refractivity contribution in [2.24, 2.45) is 0 Å². The van der Waals surface area contributed by atoms with E-state index in [1.54, 1.807) is 6.20 Å². The van der Waals surface area contributed by atoms with Gasteiger partial charge in [0.05, 0.1) is 24.1 Å². The van der Waals surface area contributed by atoms with Crippen LogP contribution in [0.3, 0.4) is 0 Å². The number of nitrogen functional groups attached to an aromatic ring is 1. The van der Waals surface area contributed by atoms with Gasteiger partial charge in [-0.25, -0.2) is 0 Å². The van der Waals surface area contributed by atoms with Crippen LogP contribution in [0, 0.1) is 6.92 Å². The van der Waals surface area contributed by atoms with Crippen molar-refractivity contribution in [3.8, 4) is 0 Å². The highest BCUT2D eigenvalue weighted by Gasteiger charge is 2.21. The molecule has 76 valence electrons. The van der Waals surface area contributed by atoms with Gasteiger partial charge in [0.2, 0.25) is 5.91 Å². The average Bonchev–Trinajstić information content (AvgIpc) is 2.67. The van der Waals surface area contributed by atoms with Gasteiger partial charge in [0.25, 0.3) is 0 Å². The Kier molecular flexibility index (Phi) is 2.15. The normalized spacial score (nSPS) is 21.2. The number of hydrogen-bond donors (Lipinski definition) is 2. The first-order chi connectivity index (χ1) is 6.66. The van der Waals surface area contributed by atoms with E-state index in [0.717, 1.165) is 18.7 Å². The van der Waals surface area contributed by atoms with Crippen LogP contribution in [0.4, 0.5) is 5.69 Å². The van der Waals surface area contributed by atoms with Gasteiger partial charge in [-0.1, -0.05) is 0 Å². The van der Waals surface area contributed by atoms with Gasteiger partial charge < -0.3 is 11.1 Å². The predicted molar refractivity (Wildman–Crippen MR) is 52.5 cm³/mol. The molecule has 1 aliphatic rings. The van der Waals surface area contributed by atoms with E-state index in [9.17, 15) is 4.79 Å². The van der Waals surface area contributed by atoms with E-state index in [4.69, 9.17) is 5.73 Å². The van der Waals surface area contributed by atoms with Crippen molar-refractivity contribution in [2.45, 2.75) is 32.4 Å². The highest BCUT2D eigenvalue weighted by atomic mass is 16.1. The fraction of sp³-hybridized carbons (Fsp3) is 0.556. The Morgan fingerprint density at radius 3 is 3.07 bits per heavy atom. The topological polar surface area (TPSA) is 72.9 Å². The third kappa shape index (κ3) is 1.57. The Balaban J connectivity index is 2.04. The smallest absolute Gasteiger partial charge is 0.220 e. The Morgan fingerprint density at radius 2 is 2.57 bits per heavy atom. The molecule has 1 aromatic rings. The molecule has 1 aromatic heterocycles. The standard InChI is InChI=1S/C9H14N4O/c1-6-8(10)4-11-13(6)5-7-2-3-9(14)12-7/h4,7H,2-3,5,10H2,1H3,(H,12,14). The lowest BCUT2D eigenvalue weighted by molar-refractivity contribution is -0.119. The largest absolute Gasteiger partial charge is 0.396 e. The maximum absolute atomic E-state index is 11.0. The van der Waals surface area contributed by atoms with E-state index in [2.05, 4.69) is 10.4 Å². The van der Waals surface area contributed by atoms with Crippen molar-refractivity contribution in [1.82, 2.24) is 15.1 Å². The Hall–Kier alpha value is -1.52. The second-order valence-corrected chi connectivity index (χ2v) is 3.67. The first-order valence-electron chi connectivity index (χ1n) is 4.74. The molecule has 0 saturated carbocycles. The lowest BCUT2D eigenvalue weighted by Crippen LogP contribution is -2.30. The number of nitrogens with two attached hydrogens (primary N) is 1. The van der Waals surface area contributed by atoms with E-state index in [0.29, 0.717) is 12.1 Å². The highest BCUT2D eigenvalue weighted by molar-refractivity contribution is 5.78. The van der Waals surface area contributed by atoms with Crippen LogP contribution in [0.2, 0.25) is 0 Å². The molecule has 0 bridgehead atoms. The van der Waals surface area contributed by atoms with E-state index in [-0.39, 0.29) is 11.9 Å². The number of nitrogens with zero attached hydrogens (tertiary/aromatic N) is 2. The average molecular weight is 194 g/mol. The zero-order chi connectivity index (χ0) is 10.1. The van der Waals surface area contributed by atoms with E-state index >= 15 is 0 Å². The summed E-state index contributed by atoms with van der Waals surface area (Å²) in [6.45, 7) is 2.65. The SMILES string of the molecule is Cc1c(N)cnn1CC1CCC(=O)N1. The minimum atomic E-state index is 0.132. The van der Waals surface area contributed by atoms with Crippen LogP contribution in [-0.2, 0) is 11.3 Å². The molecular formula is C9H14N4O. The monoisotopic (exact) mass is 194 g/mol. The van der Waals surface area contributed by atoms with E-state index in [1.807, 2.05) is 11.6 Å². The molecule has 0 spiro atoms. The molecule has 0 radical (unpaired) electrons. The van der Waals surface area contributed by atoms with Gasteiger partial charge in [0.15, 0.2) is 0 Å². The maximum atomic E-state index is 11.0. The molecule has 2 heterocycles. The molecule has 0 aliphatic carbocycles. The molecule has 1 saturated heterocycles. The zero-order valence-corrected chi connectivity index (χ0v) is 8.16. The van der Waals surface area contributed by atoms with Crippen LogP contribution in [0.1, 0.15) is 18.5 Å². The number of rotatable bonds is 2. The molecule has 2 rings (SSSR count). The number of hydrogen-bond acceptors (Lipinski definition) is 3. The predicted octanol–water partition coefficient (Wildman–Crippen LogP) is 0.0523. The summed E-state index contributed by atoms with van der Waals surface area (Å²) in [5.74, 6) is 0.132. The maximum Gasteiger partial charge on any atom is 0.220 e. The number of aromatic nitrogens is 2. The molecule has 5 heteroatoms. The molecule has 3 N–H and O–H groups in total. The minimum absolute atomic E-state index is 0.132. The first kappa shape index (κ1) is 9.05. The van der Waals surface area contributed by atoms with Crippen molar-refractivity contribution in [1.29, 1.82) is 0 Å². The Morgan fingerprint density at radius 1 is 1.79 bits per heavy atom. The summed E-state index contributed by atoms with van der Waals surface area (Å²) in [6.07, 6.45) is 3.16. The fourth-order valence-electron chi connectivity index (χ4n) is 1.67. The Labute approximate surface area is 82.3 Å². The number of carbonyl (C=O) groups excluding carboxylic acids is 1. The van der Waals surface area contributed by atoms with Crippen LogP contribution in [0.5, 0.6) is 0 Å². The molecule has 14 heavy (non-hydrogen) atoms. The zero-order valence-electron chi connectivity index (χ0n) is 8.16. The third-order valence-corrected chi connectivity index (χ3v) is 2.62. The minimum Gasteiger partial charge on any atom is -0.396 e. The number of nitrogens with one attached hydrogen (secondary N) is 1. The van der Waals surface area contributed by atoms with E-state index < -0.39 is 0 Å². The molecule has 0 aromatic carbocycles. The number of amides is 1. The summed E-state index contributed by atoms with van der Waals surface area (Å²) < 4.78 is 1.84. The third-order valence-electron chi connectivity index (χ3n) is 2.62. The van der Waals surface area contributed by atoms with Crippen molar-refractivity contribution in [3.63, 3.8) is 0 Å². The van der Waals surface area contributed by atoms with Gasteiger partial charge >= 0.3 is 0 Å². The first-order valence-corrected chi connectivity index (χ1v) is 4.74. The van der Waals surface area contributed by atoms with Gasteiger partial charge in [-0.2, -0.15) is 5.10 Å². The van der Waals surface area contributed by atoms with E-state index in [1.165, 1.54) is 0 Å².